The number of hydrogen-bond donors (Lipinski definition) is 5. The third kappa shape index (κ3) is 2.81. The van der Waals surface area contributed by atoms with Crippen molar-refractivity contribution in [2.45, 2.75) is 42.7 Å². The van der Waals surface area contributed by atoms with Crippen molar-refractivity contribution >= 4 is 11.9 Å². The Balaban J connectivity index is 2.30. The van der Waals surface area contributed by atoms with Crippen molar-refractivity contribution in [1.29, 1.82) is 0 Å². The molecule has 0 aromatic rings. The molecule has 2 aliphatic rings. The lowest BCUT2D eigenvalue weighted by molar-refractivity contribution is -0.234. The predicted molar refractivity (Wildman–Crippen MR) is 67.6 cm³/mol. The number of ether oxygens (including phenoxy) is 3. The van der Waals surface area contributed by atoms with E-state index in [1.54, 1.807) is 0 Å². The van der Waals surface area contributed by atoms with Gasteiger partial charge in [0.15, 0.2) is 0 Å². The van der Waals surface area contributed by atoms with E-state index in [1.165, 1.54) is 7.11 Å². The molecular formula is C12H19NO9. The van der Waals surface area contributed by atoms with Gasteiger partial charge in [0.25, 0.3) is 5.79 Å². The molecular weight excluding hydrogens is 302 g/mol. The summed E-state index contributed by atoms with van der Waals surface area (Å²) in [5.41, 5.74) is 0. The highest BCUT2D eigenvalue weighted by Crippen LogP contribution is 2.42. The highest BCUT2D eigenvalue weighted by atomic mass is 16.8. The summed E-state index contributed by atoms with van der Waals surface area (Å²) in [4.78, 5) is 22.8. The molecule has 1 unspecified atom stereocenters. The number of hydrogen-bond acceptors (Lipinski definition) is 8. The number of aliphatic hydroxyl groups excluding tert-OH is 3. The van der Waals surface area contributed by atoms with Gasteiger partial charge >= 0.3 is 5.97 Å². The van der Waals surface area contributed by atoms with Crippen molar-refractivity contribution in [3.8, 4) is 0 Å². The first-order valence-corrected chi connectivity index (χ1v) is 6.69. The van der Waals surface area contributed by atoms with Crippen LogP contribution in [0.1, 0.15) is 6.42 Å². The fourth-order valence-electron chi connectivity index (χ4n) is 2.79. The van der Waals surface area contributed by atoms with Crippen molar-refractivity contribution in [1.82, 2.24) is 5.32 Å². The summed E-state index contributed by atoms with van der Waals surface area (Å²) in [5, 5.41) is 39.9. The Labute approximate surface area is 125 Å². The fraction of sp³-hybridized carbons (Fsp3) is 0.833. The lowest BCUT2D eigenvalue weighted by Gasteiger charge is -2.37. The third-order valence-electron chi connectivity index (χ3n) is 3.87. The number of aliphatic carboxylic acids is 1. The zero-order valence-corrected chi connectivity index (χ0v) is 11.8. The van der Waals surface area contributed by atoms with E-state index in [1.807, 2.05) is 0 Å². The first-order valence-electron chi connectivity index (χ1n) is 6.69. The lowest BCUT2D eigenvalue weighted by Crippen LogP contribution is -2.61. The molecule has 0 aromatic carbocycles. The topological polar surface area (TPSA) is 155 Å². The van der Waals surface area contributed by atoms with Crippen molar-refractivity contribution in [2.75, 3.05) is 20.3 Å². The number of rotatable bonds is 6. The van der Waals surface area contributed by atoms with Gasteiger partial charge in [-0.2, -0.15) is 0 Å². The van der Waals surface area contributed by atoms with Gasteiger partial charge in [-0.1, -0.05) is 0 Å². The molecule has 5 N–H and O–H groups in total. The zero-order chi connectivity index (χ0) is 16.5. The minimum absolute atomic E-state index is 0.409. The number of carboxylic acids is 1. The summed E-state index contributed by atoms with van der Waals surface area (Å²) in [6.07, 6.45) is -4.62. The molecule has 2 fully saturated rings. The first-order chi connectivity index (χ1) is 10.4. The third-order valence-corrected chi connectivity index (χ3v) is 3.87. The van der Waals surface area contributed by atoms with Gasteiger partial charge in [0.05, 0.1) is 18.8 Å². The highest BCUT2D eigenvalue weighted by molar-refractivity contribution is 5.78. The normalized spacial score (nSPS) is 38.5. The van der Waals surface area contributed by atoms with Gasteiger partial charge in [0.1, 0.15) is 24.9 Å². The molecule has 2 heterocycles. The van der Waals surface area contributed by atoms with Gasteiger partial charge in [-0.3, -0.25) is 4.79 Å². The molecule has 1 amide bonds. The molecule has 2 rings (SSSR count). The van der Waals surface area contributed by atoms with E-state index in [4.69, 9.17) is 19.3 Å². The quantitative estimate of drug-likeness (QED) is 0.340. The number of methoxy groups -OCH3 is 1. The second-order valence-corrected chi connectivity index (χ2v) is 5.20. The number of nitrogens with one attached hydrogen (secondary N) is 1. The molecule has 126 valence electrons. The Morgan fingerprint density at radius 2 is 2.09 bits per heavy atom. The van der Waals surface area contributed by atoms with E-state index in [2.05, 4.69) is 5.32 Å². The lowest BCUT2D eigenvalue weighted by atomic mass is 9.92. The smallest absolute Gasteiger partial charge is 0.364 e. The maximum absolute atomic E-state index is 11.4. The molecule has 0 spiro atoms. The van der Waals surface area contributed by atoms with Crippen molar-refractivity contribution in [2.24, 2.45) is 0 Å². The molecule has 0 saturated carbocycles. The molecule has 10 heteroatoms. The maximum Gasteiger partial charge on any atom is 0.364 e. The Morgan fingerprint density at radius 1 is 1.41 bits per heavy atom. The van der Waals surface area contributed by atoms with Crippen LogP contribution in [0.4, 0.5) is 0 Å². The number of carbonyl (C=O) groups is 2. The zero-order valence-electron chi connectivity index (χ0n) is 11.8. The minimum atomic E-state index is -2.05. The number of carbonyl (C=O) groups excluding carboxylic acids is 1. The largest absolute Gasteiger partial charge is 0.477 e. The van der Waals surface area contributed by atoms with E-state index < -0.39 is 67.8 Å². The molecule has 2 saturated heterocycles. The average Bonchev–Trinajstić information content (AvgIpc) is 2.81. The van der Waals surface area contributed by atoms with Crippen molar-refractivity contribution < 1.29 is 44.2 Å². The van der Waals surface area contributed by atoms with Crippen molar-refractivity contribution in [3.63, 3.8) is 0 Å². The summed E-state index contributed by atoms with van der Waals surface area (Å²) < 4.78 is 15.9. The van der Waals surface area contributed by atoms with Gasteiger partial charge in [0.2, 0.25) is 5.91 Å². The molecule has 22 heavy (non-hydrogen) atoms. The molecule has 0 radical (unpaired) electrons. The van der Waals surface area contributed by atoms with Crippen LogP contribution >= 0.6 is 0 Å². The van der Waals surface area contributed by atoms with Crippen LogP contribution in [0.15, 0.2) is 0 Å². The monoisotopic (exact) mass is 321 g/mol. The van der Waals surface area contributed by atoms with E-state index in [9.17, 15) is 24.9 Å². The van der Waals surface area contributed by atoms with Crippen LogP contribution in [0, 0.1) is 0 Å². The Kier molecular flexibility index (Phi) is 5.00. The van der Waals surface area contributed by atoms with E-state index >= 15 is 0 Å². The highest BCUT2D eigenvalue weighted by Gasteiger charge is 2.63. The maximum atomic E-state index is 11.4. The fourth-order valence-corrected chi connectivity index (χ4v) is 2.79. The summed E-state index contributed by atoms with van der Waals surface area (Å²) in [7, 11) is 1.30. The second kappa shape index (κ2) is 6.44. The van der Waals surface area contributed by atoms with Gasteiger partial charge in [-0.25, -0.2) is 4.79 Å². The minimum Gasteiger partial charge on any atom is -0.477 e. The molecule has 10 nitrogen and oxygen atoms in total. The predicted octanol–water partition coefficient (Wildman–Crippen LogP) is -3.20. The molecule has 2 bridgehead atoms. The van der Waals surface area contributed by atoms with E-state index in [0.717, 1.165) is 0 Å². The Morgan fingerprint density at radius 3 is 2.59 bits per heavy atom. The van der Waals surface area contributed by atoms with Crippen LogP contribution in [0.2, 0.25) is 0 Å². The van der Waals surface area contributed by atoms with Gasteiger partial charge < -0.3 is 40.0 Å². The van der Waals surface area contributed by atoms with Crippen LogP contribution in [0.3, 0.4) is 0 Å². The summed E-state index contributed by atoms with van der Waals surface area (Å²) in [5.74, 6) is -4.22. The van der Waals surface area contributed by atoms with Crippen LogP contribution in [-0.2, 0) is 23.8 Å². The van der Waals surface area contributed by atoms with E-state index in [0.29, 0.717) is 0 Å². The van der Waals surface area contributed by atoms with Crippen LogP contribution in [0.25, 0.3) is 0 Å². The SMILES string of the molecule is CO[C@H](CO)[C@H]1OC2(C(=O)O)C[C@H](O)[C@@H](NC(=O)CO)[C@@H]1O2. The molecule has 0 aliphatic carbocycles. The Bertz CT molecular complexity index is 440. The molecule has 2 aliphatic heterocycles. The van der Waals surface area contributed by atoms with Crippen LogP contribution in [0.5, 0.6) is 0 Å². The van der Waals surface area contributed by atoms with Gasteiger partial charge in [0, 0.05) is 13.5 Å². The summed E-state index contributed by atoms with van der Waals surface area (Å²) >= 11 is 0. The van der Waals surface area contributed by atoms with E-state index in [-0.39, 0.29) is 0 Å². The standard InChI is InChI=1S/C12H19NO9/c1-20-6(3-14)9-10-8(13-7(17)4-15)5(16)2-12(21-9,22-10)11(18)19/h5-6,8-10,14-16H,2-4H2,1H3,(H,13,17)(H,18,19)/t5-,6+,8+,9+,10-,12?/m0/s1. The van der Waals surface area contributed by atoms with Crippen molar-refractivity contribution in [3.05, 3.63) is 0 Å². The first kappa shape index (κ1) is 17.1. The number of amides is 1. The summed E-state index contributed by atoms with van der Waals surface area (Å²) in [6, 6.07) is -0.996. The average molecular weight is 321 g/mol. The molecule has 6 atom stereocenters. The van der Waals surface area contributed by atoms with Gasteiger partial charge in [-0.15, -0.1) is 0 Å². The van der Waals surface area contributed by atoms with Crippen LogP contribution < -0.4 is 5.32 Å². The summed E-state index contributed by atoms with van der Waals surface area (Å²) in [6.45, 7) is -1.26. The second-order valence-electron chi connectivity index (χ2n) is 5.20. The van der Waals surface area contributed by atoms with Crippen LogP contribution in [-0.4, -0.2) is 88.9 Å². The number of carboxylic acid groups (broad SMARTS) is 1. The number of fused-ring (bicyclic) bond motifs is 2. The Hall–Kier alpha value is -1.30. The number of aliphatic hydroxyl groups is 3. The molecule has 0 aromatic heterocycles. The van der Waals surface area contributed by atoms with Gasteiger partial charge in [-0.05, 0) is 0 Å².